The third-order valence-electron chi connectivity index (χ3n) is 4.90. The first kappa shape index (κ1) is 14.3. The first-order chi connectivity index (χ1) is 10.2. The van der Waals surface area contributed by atoms with Crippen LogP contribution in [-0.4, -0.2) is 34.7 Å². The molecule has 0 bridgehead atoms. The van der Waals surface area contributed by atoms with Crippen LogP contribution >= 0.6 is 0 Å². The molecule has 21 heavy (non-hydrogen) atoms. The minimum atomic E-state index is -0.495. The Morgan fingerprint density at radius 2 is 2.10 bits per heavy atom. The first-order valence-electron chi connectivity index (χ1n) is 7.87. The average Bonchev–Trinajstić information content (AvgIpc) is 2.97. The molecule has 3 N–H and O–H groups in total. The van der Waals surface area contributed by atoms with Crippen LogP contribution in [0.25, 0.3) is 0 Å². The zero-order chi connectivity index (χ0) is 14.8. The molecule has 0 radical (unpaired) electrons. The van der Waals surface area contributed by atoms with Crippen molar-refractivity contribution < 1.29 is 9.90 Å². The number of amides is 1. The van der Waals surface area contributed by atoms with E-state index in [0.717, 1.165) is 44.3 Å². The standard InChI is InChI=1S/C16H23N3O2/c17-16(21)13-10-11(7-8-18-13)19-9-3-5-14(19)12-4-1-2-6-15(12)20/h7-8,10,12,14-15,20H,1-6,9H2,(H2,17,21). The minimum absolute atomic E-state index is 0.193. The lowest BCUT2D eigenvalue weighted by atomic mass is 9.80. The van der Waals surface area contributed by atoms with Crippen molar-refractivity contribution in [2.24, 2.45) is 11.7 Å². The van der Waals surface area contributed by atoms with Crippen molar-refractivity contribution in [3.8, 4) is 0 Å². The van der Waals surface area contributed by atoms with Crippen molar-refractivity contribution >= 4 is 11.6 Å². The summed E-state index contributed by atoms with van der Waals surface area (Å²) in [5.41, 5.74) is 6.63. The van der Waals surface area contributed by atoms with Crippen molar-refractivity contribution in [1.29, 1.82) is 0 Å². The second kappa shape index (κ2) is 6.02. The third-order valence-corrected chi connectivity index (χ3v) is 4.90. The maximum atomic E-state index is 11.3. The van der Waals surface area contributed by atoms with E-state index in [9.17, 15) is 9.90 Å². The number of pyridine rings is 1. The zero-order valence-corrected chi connectivity index (χ0v) is 12.2. The van der Waals surface area contributed by atoms with Crippen LogP contribution in [0.3, 0.4) is 0 Å². The summed E-state index contributed by atoms with van der Waals surface area (Å²) in [4.78, 5) is 17.6. The van der Waals surface area contributed by atoms with Gasteiger partial charge in [0.25, 0.3) is 5.91 Å². The summed E-state index contributed by atoms with van der Waals surface area (Å²) in [6.07, 6.45) is 8.02. The lowest BCUT2D eigenvalue weighted by molar-refractivity contribution is 0.0566. The van der Waals surface area contributed by atoms with Gasteiger partial charge < -0.3 is 15.7 Å². The van der Waals surface area contributed by atoms with Gasteiger partial charge in [0, 0.05) is 30.4 Å². The van der Waals surface area contributed by atoms with Crippen molar-refractivity contribution in [3.05, 3.63) is 24.0 Å². The van der Waals surface area contributed by atoms with E-state index >= 15 is 0 Å². The molecule has 0 aromatic carbocycles. The van der Waals surface area contributed by atoms with Gasteiger partial charge in [-0.1, -0.05) is 12.8 Å². The van der Waals surface area contributed by atoms with Gasteiger partial charge in [0.05, 0.1) is 6.10 Å². The quantitative estimate of drug-likeness (QED) is 0.887. The molecule has 114 valence electrons. The number of primary amides is 1. The Bertz CT molecular complexity index is 520. The fourth-order valence-corrected chi connectivity index (χ4v) is 3.88. The van der Waals surface area contributed by atoms with Gasteiger partial charge >= 0.3 is 0 Å². The molecule has 1 aliphatic heterocycles. The van der Waals surface area contributed by atoms with Gasteiger partial charge in [-0.15, -0.1) is 0 Å². The number of anilines is 1. The number of carbonyl (C=O) groups excluding carboxylic acids is 1. The fourth-order valence-electron chi connectivity index (χ4n) is 3.88. The average molecular weight is 289 g/mol. The molecule has 1 saturated heterocycles. The van der Waals surface area contributed by atoms with Gasteiger partial charge in [-0.05, 0) is 37.8 Å². The van der Waals surface area contributed by atoms with E-state index in [4.69, 9.17) is 5.73 Å². The summed E-state index contributed by atoms with van der Waals surface area (Å²) in [6.45, 7) is 0.968. The molecule has 0 spiro atoms. The topological polar surface area (TPSA) is 79.5 Å². The van der Waals surface area contributed by atoms with Gasteiger partial charge in [0.15, 0.2) is 0 Å². The number of nitrogens with two attached hydrogens (primary N) is 1. The highest BCUT2D eigenvalue weighted by atomic mass is 16.3. The minimum Gasteiger partial charge on any atom is -0.393 e. The highest BCUT2D eigenvalue weighted by Gasteiger charge is 2.37. The molecule has 2 aliphatic rings. The van der Waals surface area contributed by atoms with Gasteiger partial charge in [-0.25, -0.2) is 0 Å². The summed E-state index contributed by atoms with van der Waals surface area (Å²) >= 11 is 0. The SMILES string of the molecule is NC(=O)c1cc(N2CCCC2C2CCCCC2O)ccn1. The molecule has 1 aliphatic carbocycles. The normalized spacial score (nSPS) is 29.6. The number of aromatic nitrogens is 1. The number of hydrogen-bond acceptors (Lipinski definition) is 4. The van der Waals surface area contributed by atoms with E-state index in [-0.39, 0.29) is 6.10 Å². The molecule has 1 aromatic rings. The lowest BCUT2D eigenvalue weighted by Crippen LogP contribution is -2.42. The summed E-state index contributed by atoms with van der Waals surface area (Å²) < 4.78 is 0. The Morgan fingerprint density at radius 3 is 2.86 bits per heavy atom. The van der Waals surface area contributed by atoms with E-state index in [1.807, 2.05) is 6.07 Å². The van der Waals surface area contributed by atoms with Gasteiger partial charge in [0.2, 0.25) is 0 Å². The molecule has 5 nitrogen and oxygen atoms in total. The van der Waals surface area contributed by atoms with Crippen LogP contribution < -0.4 is 10.6 Å². The number of nitrogens with zero attached hydrogens (tertiary/aromatic N) is 2. The Kier molecular flexibility index (Phi) is 4.10. The predicted molar refractivity (Wildman–Crippen MR) is 81.1 cm³/mol. The molecular formula is C16H23N3O2. The predicted octanol–water partition coefficient (Wildman–Crippen LogP) is 1.70. The summed E-state index contributed by atoms with van der Waals surface area (Å²) in [7, 11) is 0. The number of carbonyl (C=O) groups is 1. The molecule has 5 heteroatoms. The number of aliphatic hydroxyl groups excluding tert-OH is 1. The largest absolute Gasteiger partial charge is 0.393 e. The highest BCUT2D eigenvalue weighted by Crippen LogP contribution is 2.37. The summed E-state index contributed by atoms with van der Waals surface area (Å²) in [5.74, 6) is -0.156. The van der Waals surface area contributed by atoms with E-state index in [1.165, 1.54) is 6.42 Å². The van der Waals surface area contributed by atoms with Crippen molar-refractivity contribution in [2.75, 3.05) is 11.4 Å². The van der Waals surface area contributed by atoms with E-state index in [1.54, 1.807) is 12.3 Å². The molecule has 1 saturated carbocycles. The van der Waals surface area contributed by atoms with Gasteiger partial charge in [-0.2, -0.15) is 0 Å². The third kappa shape index (κ3) is 2.88. The van der Waals surface area contributed by atoms with E-state index in [0.29, 0.717) is 17.7 Å². The van der Waals surface area contributed by atoms with Gasteiger partial charge in [-0.3, -0.25) is 9.78 Å². The van der Waals surface area contributed by atoms with Crippen molar-refractivity contribution in [1.82, 2.24) is 4.98 Å². The maximum Gasteiger partial charge on any atom is 0.267 e. The zero-order valence-electron chi connectivity index (χ0n) is 12.2. The summed E-state index contributed by atoms with van der Waals surface area (Å²) in [6, 6.07) is 4.07. The second-order valence-corrected chi connectivity index (χ2v) is 6.18. The van der Waals surface area contributed by atoms with Crippen molar-refractivity contribution in [3.63, 3.8) is 0 Å². The van der Waals surface area contributed by atoms with Crippen LogP contribution in [0.15, 0.2) is 18.3 Å². The fraction of sp³-hybridized carbons (Fsp3) is 0.625. The molecule has 3 atom stereocenters. The van der Waals surface area contributed by atoms with Crippen LogP contribution in [0, 0.1) is 5.92 Å². The number of hydrogen-bond donors (Lipinski definition) is 2. The smallest absolute Gasteiger partial charge is 0.267 e. The first-order valence-corrected chi connectivity index (χ1v) is 7.87. The molecule has 3 rings (SSSR count). The Morgan fingerprint density at radius 1 is 1.29 bits per heavy atom. The van der Waals surface area contributed by atoms with E-state index in [2.05, 4.69) is 9.88 Å². The van der Waals surface area contributed by atoms with Crippen molar-refractivity contribution in [2.45, 2.75) is 50.7 Å². The second-order valence-electron chi connectivity index (χ2n) is 6.18. The monoisotopic (exact) mass is 289 g/mol. The van der Waals surface area contributed by atoms with E-state index < -0.39 is 5.91 Å². The molecule has 2 heterocycles. The van der Waals surface area contributed by atoms with Crippen LogP contribution in [0.4, 0.5) is 5.69 Å². The Labute approximate surface area is 125 Å². The van der Waals surface area contributed by atoms with Gasteiger partial charge in [0.1, 0.15) is 5.69 Å². The number of aliphatic hydroxyl groups is 1. The molecule has 3 unspecified atom stereocenters. The summed E-state index contributed by atoms with van der Waals surface area (Å²) in [5, 5.41) is 10.3. The molecular weight excluding hydrogens is 266 g/mol. The highest BCUT2D eigenvalue weighted by molar-refractivity contribution is 5.91. The molecule has 1 amide bonds. The van der Waals surface area contributed by atoms with Crippen LogP contribution in [-0.2, 0) is 0 Å². The number of rotatable bonds is 3. The van der Waals surface area contributed by atoms with Crippen LogP contribution in [0.1, 0.15) is 49.0 Å². The maximum absolute atomic E-state index is 11.3. The molecule has 1 aromatic heterocycles. The Balaban J connectivity index is 1.83. The van der Waals surface area contributed by atoms with Crippen LogP contribution in [0.2, 0.25) is 0 Å². The lowest BCUT2D eigenvalue weighted by Gasteiger charge is -2.38. The Hall–Kier alpha value is -1.62. The van der Waals surface area contributed by atoms with Crippen LogP contribution in [0.5, 0.6) is 0 Å². The molecule has 2 fully saturated rings.